The third kappa shape index (κ3) is 3.50. The van der Waals surface area contributed by atoms with Gasteiger partial charge in [-0.15, -0.1) is 0 Å². The van der Waals surface area contributed by atoms with E-state index < -0.39 is 12.1 Å². The van der Waals surface area contributed by atoms with E-state index in [2.05, 4.69) is 16.0 Å². The number of anilines is 1. The van der Waals surface area contributed by atoms with E-state index in [1.54, 1.807) is 12.4 Å². The fraction of sp³-hybridized carbons (Fsp3) is 0.333. The maximum absolute atomic E-state index is 10.4. The van der Waals surface area contributed by atoms with Crippen molar-refractivity contribution in [2.75, 3.05) is 24.6 Å². The lowest BCUT2D eigenvalue weighted by molar-refractivity contribution is -0.131. The summed E-state index contributed by atoms with van der Waals surface area (Å²) in [4.78, 5) is 20.5. The molecule has 0 aromatic carbocycles. The highest BCUT2D eigenvalue weighted by Crippen LogP contribution is 2.12. The van der Waals surface area contributed by atoms with Gasteiger partial charge in [0, 0.05) is 30.6 Å². The van der Waals surface area contributed by atoms with Crippen molar-refractivity contribution in [3.05, 3.63) is 24.0 Å². The maximum Gasteiger partial charge on any atom is 0.328 e. The summed E-state index contributed by atoms with van der Waals surface area (Å²) >= 11 is 0. The van der Waals surface area contributed by atoms with Crippen molar-refractivity contribution in [3.63, 3.8) is 0 Å². The van der Waals surface area contributed by atoms with Crippen LogP contribution in [0.15, 0.2) is 18.5 Å². The molecule has 1 aromatic heterocycles. The molecule has 0 bridgehead atoms. The number of hydrogen-bond acceptors (Lipinski definition) is 6. The summed E-state index contributed by atoms with van der Waals surface area (Å²) in [5.74, 6) is -0.509. The van der Waals surface area contributed by atoms with Crippen molar-refractivity contribution in [2.45, 2.75) is 6.10 Å². The smallest absolute Gasteiger partial charge is 0.328 e. The average molecular weight is 260 g/mol. The molecule has 1 atom stereocenters. The summed E-state index contributed by atoms with van der Waals surface area (Å²) in [5.41, 5.74) is 0.608. The molecule has 1 unspecified atom stereocenters. The summed E-state index contributed by atoms with van der Waals surface area (Å²) < 4.78 is 5.23. The van der Waals surface area contributed by atoms with Crippen molar-refractivity contribution < 1.29 is 14.6 Å². The first kappa shape index (κ1) is 13.0. The lowest BCUT2D eigenvalue weighted by Crippen LogP contribution is -2.42. The highest BCUT2D eigenvalue weighted by Gasteiger charge is 2.21. The zero-order valence-corrected chi connectivity index (χ0v) is 10.1. The Labute approximate surface area is 109 Å². The van der Waals surface area contributed by atoms with Crippen LogP contribution in [0.3, 0.4) is 0 Å². The van der Waals surface area contributed by atoms with Gasteiger partial charge in [0.25, 0.3) is 0 Å². The summed E-state index contributed by atoms with van der Waals surface area (Å²) in [5, 5.41) is 17.3. The Bertz CT molecular complexity index is 521. The molecule has 1 aliphatic rings. The fourth-order valence-corrected chi connectivity index (χ4v) is 1.66. The van der Waals surface area contributed by atoms with E-state index in [0.29, 0.717) is 31.2 Å². The first-order chi connectivity index (χ1) is 9.19. The number of hydrogen-bond donors (Lipinski definition) is 1. The summed E-state index contributed by atoms with van der Waals surface area (Å²) in [6, 6.07) is 2.05. The standard InChI is InChI=1S/C12H12N4O3/c13-5-10-8-16(3-4-19-10)12-14-6-9(7-15-12)1-2-11(17)18/h1-2,6-7,10H,3-4,8H2,(H,17,18)/b2-1+. The van der Waals surface area contributed by atoms with Crippen LogP contribution in [0.1, 0.15) is 5.56 Å². The number of aliphatic carboxylic acids is 1. The van der Waals surface area contributed by atoms with Gasteiger partial charge in [-0.25, -0.2) is 14.8 Å². The molecule has 7 heteroatoms. The summed E-state index contributed by atoms with van der Waals surface area (Å²) in [6.45, 7) is 1.52. The Morgan fingerprint density at radius 2 is 2.32 bits per heavy atom. The summed E-state index contributed by atoms with van der Waals surface area (Å²) in [6.07, 6.45) is 5.06. The van der Waals surface area contributed by atoms with Gasteiger partial charge in [-0.2, -0.15) is 5.26 Å². The van der Waals surface area contributed by atoms with Crippen molar-refractivity contribution in [2.24, 2.45) is 0 Å². The third-order valence-corrected chi connectivity index (χ3v) is 2.57. The topological polar surface area (TPSA) is 99.3 Å². The predicted octanol–water partition coefficient (Wildman–Crippen LogP) is 0.303. The lowest BCUT2D eigenvalue weighted by atomic mass is 10.3. The molecule has 1 aliphatic heterocycles. The van der Waals surface area contributed by atoms with Crippen molar-refractivity contribution in [1.29, 1.82) is 5.26 Å². The molecule has 0 radical (unpaired) electrons. The zero-order chi connectivity index (χ0) is 13.7. The third-order valence-electron chi connectivity index (χ3n) is 2.57. The molecule has 0 saturated carbocycles. The molecular weight excluding hydrogens is 248 g/mol. The minimum absolute atomic E-state index is 0.431. The van der Waals surface area contributed by atoms with Gasteiger partial charge >= 0.3 is 5.97 Å². The van der Waals surface area contributed by atoms with Crippen LogP contribution in [0.2, 0.25) is 0 Å². The highest BCUT2D eigenvalue weighted by molar-refractivity contribution is 5.85. The van der Waals surface area contributed by atoms with Gasteiger partial charge in [-0.1, -0.05) is 0 Å². The monoisotopic (exact) mass is 260 g/mol. The lowest BCUT2D eigenvalue weighted by Gasteiger charge is -2.29. The molecule has 1 aromatic rings. The van der Waals surface area contributed by atoms with E-state index >= 15 is 0 Å². The van der Waals surface area contributed by atoms with Crippen LogP contribution in [0.25, 0.3) is 6.08 Å². The molecule has 0 amide bonds. The molecule has 98 valence electrons. The predicted molar refractivity (Wildman–Crippen MR) is 66.3 cm³/mol. The number of carbonyl (C=O) groups is 1. The van der Waals surface area contributed by atoms with Gasteiger partial charge in [0.15, 0.2) is 6.10 Å². The number of aromatic nitrogens is 2. The van der Waals surface area contributed by atoms with Gasteiger partial charge in [0.2, 0.25) is 5.95 Å². The van der Waals surface area contributed by atoms with Crippen LogP contribution in [-0.2, 0) is 9.53 Å². The molecule has 2 rings (SSSR count). The zero-order valence-electron chi connectivity index (χ0n) is 10.1. The molecule has 1 saturated heterocycles. The molecule has 1 N–H and O–H groups in total. The Kier molecular flexibility index (Phi) is 4.05. The van der Waals surface area contributed by atoms with E-state index in [9.17, 15) is 4.79 Å². The SMILES string of the molecule is N#CC1CN(c2ncc(/C=C/C(=O)O)cn2)CCO1. The van der Waals surface area contributed by atoms with Crippen LogP contribution < -0.4 is 4.90 Å². The van der Waals surface area contributed by atoms with E-state index in [1.165, 1.54) is 6.08 Å². The normalized spacial score (nSPS) is 19.3. The molecule has 1 fully saturated rings. The number of rotatable bonds is 3. The summed E-state index contributed by atoms with van der Waals surface area (Å²) in [7, 11) is 0. The maximum atomic E-state index is 10.4. The van der Waals surface area contributed by atoms with Gasteiger partial charge in [0.05, 0.1) is 19.2 Å². The number of carboxylic acid groups (broad SMARTS) is 1. The van der Waals surface area contributed by atoms with Crippen molar-refractivity contribution in [1.82, 2.24) is 9.97 Å². The van der Waals surface area contributed by atoms with Crippen molar-refractivity contribution in [3.8, 4) is 6.07 Å². The second-order valence-corrected chi connectivity index (χ2v) is 3.92. The van der Waals surface area contributed by atoms with Crippen LogP contribution in [0, 0.1) is 11.3 Å². The first-order valence-corrected chi connectivity index (χ1v) is 5.68. The van der Waals surface area contributed by atoms with Crippen LogP contribution >= 0.6 is 0 Å². The van der Waals surface area contributed by atoms with Crippen LogP contribution in [0.4, 0.5) is 5.95 Å². The Morgan fingerprint density at radius 3 is 2.95 bits per heavy atom. The quantitative estimate of drug-likeness (QED) is 0.780. The number of nitrogens with zero attached hydrogens (tertiary/aromatic N) is 4. The molecule has 2 heterocycles. The largest absolute Gasteiger partial charge is 0.478 e. The van der Waals surface area contributed by atoms with Crippen LogP contribution in [-0.4, -0.2) is 46.8 Å². The van der Waals surface area contributed by atoms with Gasteiger partial charge in [0.1, 0.15) is 0 Å². The van der Waals surface area contributed by atoms with Crippen molar-refractivity contribution >= 4 is 18.0 Å². The second-order valence-electron chi connectivity index (χ2n) is 3.92. The molecule has 0 spiro atoms. The minimum Gasteiger partial charge on any atom is -0.478 e. The molecule has 19 heavy (non-hydrogen) atoms. The number of nitriles is 1. The number of carboxylic acids is 1. The second kappa shape index (κ2) is 5.93. The fourth-order valence-electron chi connectivity index (χ4n) is 1.66. The van der Waals surface area contributed by atoms with E-state index in [0.717, 1.165) is 6.08 Å². The number of ether oxygens (including phenoxy) is 1. The van der Waals surface area contributed by atoms with Gasteiger partial charge < -0.3 is 14.7 Å². The molecule has 7 nitrogen and oxygen atoms in total. The minimum atomic E-state index is -1.02. The molecular formula is C12H12N4O3. The van der Waals surface area contributed by atoms with E-state index in [1.807, 2.05) is 4.90 Å². The van der Waals surface area contributed by atoms with E-state index in [-0.39, 0.29) is 0 Å². The van der Waals surface area contributed by atoms with Gasteiger partial charge in [-0.05, 0) is 6.08 Å². The van der Waals surface area contributed by atoms with E-state index in [4.69, 9.17) is 15.1 Å². The Hall–Kier alpha value is -2.46. The van der Waals surface area contributed by atoms with Gasteiger partial charge in [-0.3, -0.25) is 0 Å². The highest BCUT2D eigenvalue weighted by atomic mass is 16.5. The Morgan fingerprint density at radius 1 is 1.58 bits per heavy atom. The molecule has 0 aliphatic carbocycles. The Balaban J connectivity index is 2.06. The first-order valence-electron chi connectivity index (χ1n) is 5.68. The van der Waals surface area contributed by atoms with Crippen LogP contribution in [0.5, 0.6) is 0 Å². The average Bonchev–Trinajstić information content (AvgIpc) is 2.45. The number of morpholine rings is 1.